The number of fused-ring (bicyclic) bond motifs is 1. The van der Waals surface area contributed by atoms with E-state index in [4.69, 9.17) is 16.3 Å². The van der Waals surface area contributed by atoms with E-state index in [1.165, 1.54) is 7.11 Å². The third kappa shape index (κ3) is 3.02. The van der Waals surface area contributed by atoms with Crippen LogP contribution in [-0.2, 0) is 15.4 Å². The van der Waals surface area contributed by atoms with Gasteiger partial charge in [0.25, 0.3) is 0 Å². The minimum Gasteiger partial charge on any atom is -0.467 e. The van der Waals surface area contributed by atoms with Crippen LogP contribution in [0.5, 0.6) is 0 Å². The van der Waals surface area contributed by atoms with Crippen LogP contribution in [0.15, 0.2) is 12.3 Å². The smallest absolute Gasteiger partial charge is 0.328 e. The van der Waals surface area contributed by atoms with Crippen molar-refractivity contribution in [3.63, 3.8) is 0 Å². The Kier molecular flexibility index (Phi) is 4.83. The summed E-state index contributed by atoms with van der Waals surface area (Å²) in [5.41, 5.74) is 2.48. The number of aryl methyl sites for hydroxylation is 1. The number of hydrogen-bond donors (Lipinski definition) is 0. The van der Waals surface area contributed by atoms with Crippen molar-refractivity contribution >= 4 is 28.7 Å². The summed E-state index contributed by atoms with van der Waals surface area (Å²) in [6.07, 6.45) is 2.37. The monoisotopic (exact) mass is 309 g/mol. The van der Waals surface area contributed by atoms with Gasteiger partial charge in [0.05, 0.1) is 13.0 Å². The topological polar surface area (TPSA) is 57.0 Å². The average Bonchev–Trinajstić information content (AvgIpc) is 2.83. The van der Waals surface area contributed by atoms with Gasteiger partial charge >= 0.3 is 5.97 Å². The molecule has 2 aromatic heterocycles. The van der Waals surface area contributed by atoms with Crippen LogP contribution >= 0.6 is 11.6 Å². The highest BCUT2D eigenvalue weighted by atomic mass is 35.5. The van der Waals surface area contributed by atoms with E-state index in [9.17, 15) is 4.79 Å². The number of imidazole rings is 1. The van der Waals surface area contributed by atoms with Crippen LogP contribution < -0.4 is 0 Å². The summed E-state index contributed by atoms with van der Waals surface area (Å²) in [6.45, 7) is 6.09. The molecule has 0 aliphatic carbocycles. The molecule has 2 rings (SSSR count). The van der Waals surface area contributed by atoms with Crippen LogP contribution in [0.3, 0.4) is 0 Å². The maximum absolute atomic E-state index is 12.2. The second kappa shape index (κ2) is 6.43. The fourth-order valence-corrected chi connectivity index (χ4v) is 2.66. The number of rotatable bonds is 5. The van der Waals surface area contributed by atoms with E-state index < -0.39 is 6.04 Å². The fraction of sp³-hybridized carbons (Fsp3) is 0.533. The number of alkyl halides is 1. The van der Waals surface area contributed by atoms with E-state index in [1.54, 1.807) is 6.20 Å². The van der Waals surface area contributed by atoms with Gasteiger partial charge in [0.15, 0.2) is 5.65 Å². The van der Waals surface area contributed by atoms with Gasteiger partial charge < -0.3 is 4.74 Å². The minimum atomic E-state index is -0.456. The molecule has 0 saturated carbocycles. The van der Waals surface area contributed by atoms with Crippen LogP contribution in [0.4, 0.5) is 0 Å². The molecule has 6 heteroatoms. The zero-order valence-corrected chi connectivity index (χ0v) is 13.5. The molecular weight excluding hydrogens is 290 g/mol. The molecule has 1 atom stereocenters. The third-order valence-electron chi connectivity index (χ3n) is 3.45. The van der Waals surface area contributed by atoms with Crippen molar-refractivity contribution in [2.45, 2.75) is 39.1 Å². The number of methoxy groups -OCH3 is 1. The normalized spacial score (nSPS) is 12.9. The summed E-state index contributed by atoms with van der Waals surface area (Å²) in [6, 6.07) is 1.44. The lowest BCUT2D eigenvalue weighted by molar-refractivity contribution is -0.145. The Hall–Kier alpha value is -1.62. The standard InChI is InChI=1S/C15H20ClN3O2/c1-9(2)7-11(15(20)21-4)19-12(8-16)18-13-10(3)5-6-17-14(13)19/h5-6,9,11H,7-8H2,1-4H3. The van der Waals surface area contributed by atoms with Gasteiger partial charge in [-0.1, -0.05) is 13.8 Å². The zero-order valence-electron chi connectivity index (χ0n) is 12.8. The predicted molar refractivity (Wildman–Crippen MR) is 82.3 cm³/mol. The Morgan fingerprint density at radius 1 is 1.48 bits per heavy atom. The Labute approximate surface area is 129 Å². The molecule has 5 nitrogen and oxygen atoms in total. The average molecular weight is 310 g/mol. The molecule has 2 heterocycles. The maximum atomic E-state index is 12.2. The maximum Gasteiger partial charge on any atom is 0.328 e. The Morgan fingerprint density at radius 3 is 2.76 bits per heavy atom. The van der Waals surface area contributed by atoms with Crippen LogP contribution in [0.25, 0.3) is 11.2 Å². The summed E-state index contributed by atoms with van der Waals surface area (Å²) in [4.78, 5) is 21.1. The zero-order chi connectivity index (χ0) is 15.6. The molecule has 0 amide bonds. The summed E-state index contributed by atoms with van der Waals surface area (Å²) < 4.78 is 6.78. The van der Waals surface area contributed by atoms with Gasteiger partial charge in [-0.3, -0.25) is 4.57 Å². The van der Waals surface area contributed by atoms with Gasteiger partial charge in [0.2, 0.25) is 0 Å². The number of carbonyl (C=O) groups excluding carboxylic acids is 1. The second-order valence-corrected chi connectivity index (χ2v) is 5.77. The lowest BCUT2D eigenvalue weighted by Gasteiger charge is -2.20. The molecule has 0 aliphatic rings. The molecular formula is C15H20ClN3O2. The Morgan fingerprint density at radius 2 is 2.19 bits per heavy atom. The SMILES string of the molecule is COC(=O)C(CC(C)C)n1c(CCl)nc2c(C)ccnc21. The van der Waals surface area contributed by atoms with Gasteiger partial charge in [-0.15, -0.1) is 11.6 Å². The number of carbonyl (C=O) groups is 1. The second-order valence-electron chi connectivity index (χ2n) is 5.50. The number of aromatic nitrogens is 3. The molecule has 2 aromatic rings. The molecule has 0 spiro atoms. The first-order valence-corrected chi connectivity index (χ1v) is 7.49. The molecule has 0 saturated heterocycles. The van der Waals surface area contributed by atoms with E-state index in [0.717, 1.165) is 11.1 Å². The van der Waals surface area contributed by atoms with Crippen molar-refractivity contribution in [1.29, 1.82) is 0 Å². The molecule has 1 unspecified atom stereocenters. The molecule has 0 aliphatic heterocycles. The van der Waals surface area contributed by atoms with E-state index in [2.05, 4.69) is 23.8 Å². The van der Waals surface area contributed by atoms with Gasteiger partial charge in [0, 0.05) is 6.20 Å². The largest absolute Gasteiger partial charge is 0.467 e. The number of pyridine rings is 1. The van der Waals surface area contributed by atoms with Crippen LogP contribution in [-0.4, -0.2) is 27.6 Å². The quantitative estimate of drug-likeness (QED) is 0.628. The summed E-state index contributed by atoms with van der Waals surface area (Å²) in [7, 11) is 1.40. The molecule has 0 bridgehead atoms. The van der Waals surface area contributed by atoms with Gasteiger partial charge in [-0.05, 0) is 30.9 Å². The number of halogens is 1. The Balaban J connectivity index is 2.65. The van der Waals surface area contributed by atoms with E-state index in [1.807, 2.05) is 17.6 Å². The molecule has 0 N–H and O–H groups in total. The molecule has 0 fully saturated rings. The van der Waals surface area contributed by atoms with Crippen molar-refractivity contribution in [2.24, 2.45) is 5.92 Å². The number of ether oxygens (including phenoxy) is 1. The molecule has 21 heavy (non-hydrogen) atoms. The van der Waals surface area contributed by atoms with Crippen molar-refractivity contribution in [1.82, 2.24) is 14.5 Å². The van der Waals surface area contributed by atoms with E-state index in [0.29, 0.717) is 23.8 Å². The van der Waals surface area contributed by atoms with Crippen LogP contribution in [0.2, 0.25) is 0 Å². The van der Waals surface area contributed by atoms with E-state index in [-0.39, 0.29) is 11.8 Å². The number of nitrogens with zero attached hydrogens (tertiary/aromatic N) is 3. The lowest BCUT2D eigenvalue weighted by atomic mass is 10.0. The molecule has 0 aromatic carbocycles. The Bertz CT molecular complexity index is 652. The lowest BCUT2D eigenvalue weighted by Crippen LogP contribution is -2.24. The highest BCUT2D eigenvalue weighted by molar-refractivity contribution is 6.16. The van der Waals surface area contributed by atoms with Crippen molar-refractivity contribution in [3.05, 3.63) is 23.7 Å². The van der Waals surface area contributed by atoms with Gasteiger partial charge in [-0.25, -0.2) is 14.8 Å². The third-order valence-corrected chi connectivity index (χ3v) is 3.69. The highest BCUT2D eigenvalue weighted by Gasteiger charge is 2.27. The van der Waals surface area contributed by atoms with Crippen molar-refractivity contribution in [2.75, 3.05) is 7.11 Å². The van der Waals surface area contributed by atoms with Crippen molar-refractivity contribution < 1.29 is 9.53 Å². The number of hydrogen-bond acceptors (Lipinski definition) is 4. The summed E-state index contributed by atoms with van der Waals surface area (Å²) in [5.74, 6) is 0.906. The highest BCUT2D eigenvalue weighted by Crippen LogP contribution is 2.27. The first-order valence-electron chi connectivity index (χ1n) is 6.95. The van der Waals surface area contributed by atoms with Crippen molar-refractivity contribution in [3.8, 4) is 0 Å². The summed E-state index contributed by atoms with van der Waals surface area (Å²) in [5, 5.41) is 0. The summed E-state index contributed by atoms with van der Waals surface area (Å²) >= 11 is 6.02. The predicted octanol–water partition coefficient (Wildman–Crippen LogP) is 3.24. The number of esters is 1. The van der Waals surface area contributed by atoms with Gasteiger partial charge in [0.1, 0.15) is 17.4 Å². The molecule has 114 valence electrons. The first kappa shape index (κ1) is 15.8. The molecule has 0 radical (unpaired) electrons. The first-order chi connectivity index (χ1) is 9.99. The van der Waals surface area contributed by atoms with Gasteiger partial charge in [-0.2, -0.15) is 0 Å². The van der Waals surface area contributed by atoms with Crippen LogP contribution in [0.1, 0.15) is 37.7 Å². The van der Waals surface area contributed by atoms with Crippen LogP contribution in [0, 0.1) is 12.8 Å². The van der Waals surface area contributed by atoms with E-state index >= 15 is 0 Å². The fourth-order valence-electron chi connectivity index (χ4n) is 2.47. The minimum absolute atomic E-state index is 0.224.